The van der Waals surface area contributed by atoms with Crippen molar-refractivity contribution in [2.24, 2.45) is 11.8 Å². The SMILES string of the molecule is CCCC(C)CCCC1COC(c2cc(F)c(F)c(F)c2)OC1. The Hall–Kier alpha value is -1.07. The van der Waals surface area contributed by atoms with Gasteiger partial charge in [-0.05, 0) is 24.5 Å². The van der Waals surface area contributed by atoms with Crippen molar-refractivity contribution in [3.8, 4) is 0 Å². The molecule has 5 heteroatoms. The molecule has 1 atom stereocenters. The predicted octanol–water partition coefficient (Wildman–Crippen LogP) is 5.37. The van der Waals surface area contributed by atoms with Crippen LogP contribution >= 0.6 is 0 Å². The number of hydrogen-bond donors (Lipinski definition) is 0. The van der Waals surface area contributed by atoms with E-state index in [9.17, 15) is 13.2 Å². The average Bonchev–Trinajstić information content (AvgIpc) is 2.53. The van der Waals surface area contributed by atoms with E-state index in [1.165, 1.54) is 19.3 Å². The summed E-state index contributed by atoms with van der Waals surface area (Å²) in [7, 11) is 0. The zero-order valence-electron chi connectivity index (χ0n) is 13.8. The summed E-state index contributed by atoms with van der Waals surface area (Å²) in [6.45, 7) is 5.45. The minimum atomic E-state index is -1.47. The van der Waals surface area contributed by atoms with Crippen molar-refractivity contribution in [3.63, 3.8) is 0 Å². The second kappa shape index (κ2) is 8.69. The Morgan fingerprint density at radius 3 is 2.26 bits per heavy atom. The normalized spacial score (nSPS) is 23.0. The molecule has 0 bridgehead atoms. The van der Waals surface area contributed by atoms with Crippen LogP contribution in [-0.4, -0.2) is 13.2 Å². The molecule has 1 saturated heterocycles. The maximum Gasteiger partial charge on any atom is 0.194 e. The van der Waals surface area contributed by atoms with Gasteiger partial charge in [-0.3, -0.25) is 0 Å². The van der Waals surface area contributed by atoms with Crippen LogP contribution in [-0.2, 0) is 9.47 Å². The fourth-order valence-corrected chi connectivity index (χ4v) is 3.01. The van der Waals surface area contributed by atoms with Gasteiger partial charge in [-0.2, -0.15) is 0 Å². The van der Waals surface area contributed by atoms with E-state index < -0.39 is 23.7 Å². The van der Waals surface area contributed by atoms with Gasteiger partial charge in [0.15, 0.2) is 23.7 Å². The third kappa shape index (κ3) is 5.21. The lowest BCUT2D eigenvalue weighted by Gasteiger charge is -2.30. The van der Waals surface area contributed by atoms with Crippen LogP contribution in [0.15, 0.2) is 12.1 Å². The van der Waals surface area contributed by atoms with Gasteiger partial charge in [0.1, 0.15) is 0 Å². The summed E-state index contributed by atoms with van der Waals surface area (Å²) in [5, 5.41) is 0. The smallest absolute Gasteiger partial charge is 0.194 e. The van der Waals surface area contributed by atoms with Gasteiger partial charge in [0.25, 0.3) is 0 Å². The minimum Gasteiger partial charge on any atom is -0.348 e. The second-order valence-corrected chi connectivity index (χ2v) is 6.49. The first-order chi connectivity index (χ1) is 11.0. The molecule has 2 nitrogen and oxygen atoms in total. The maximum absolute atomic E-state index is 13.3. The number of benzene rings is 1. The number of halogens is 3. The molecule has 1 aromatic carbocycles. The largest absolute Gasteiger partial charge is 0.348 e. The summed E-state index contributed by atoms with van der Waals surface area (Å²) in [6.07, 6.45) is 4.98. The number of rotatable bonds is 7. The fourth-order valence-electron chi connectivity index (χ4n) is 3.01. The van der Waals surface area contributed by atoms with Gasteiger partial charge in [0.05, 0.1) is 13.2 Å². The van der Waals surface area contributed by atoms with Crippen LogP contribution in [0.4, 0.5) is 13.2 Å². The molecule has 0 radical (unpaired) electrons. The monoisotopic (exact) mass is 330 g/mol. The minimum absolute atomic E-state index is 0.177. The standard InChI is InChI=1S/C18H25F3O2/c1-3-5-12(2)6-4-7-13-10-22-18(23-11-13)14-8-15(19)17(21)16(20)9-14/h8-9,12-13,18H,3-7,10-11H2,1-2H3. The summed E-state index contributed by atoms with van der Waals surface area (Å²) >= 11 is 0. The molecule has 1 aliphatic rings. The summed E-state index contributed by atoms with van der Waals surface area (Å²) in [5.74, 6) is -2.87. The zero-order valence-corrected chi connectivity index (χ0v) is 13.8. The lowest BCUT2D eigenvalue weighted by atomic mass is 9.95. The highest BCUT2D eigenvalue weighted by molar-refractivity contribution is 5.20. The van der Waals surface area contributed by atoms with Crippen LogP contribution in [0.5, 0.6) is 0 Å². The molecular formula is C18H25F3O2. The molecule has 1 heterocycles. The van der Waals surface area contributed by atoms with Gasteiger partial charge in [-0.25, -0.2) is 13.2 Å². The Morgan fingerprint density at radius 2 is 1.70 bits per heavy atom. The lowest BCUT2D eigenvalue weighted by Crippen LogP contribution is -2.27. The van der Waals surface area contributed by atoms with Crippen molar-refractivity contribution in [1.82, 2.24) is 0 Å². The maximum atomic E-state index is 13.3. The van der Waals surface area contributed by atoms with Crippen LogP contribution < -0.4 is 0 Å². The number of ether oxygens (including phenoxy) is 2. The van der Waals surface area contributed by atoms with Crippen LogP contribution in [0.2, 0.25) is 0 Å². The molecule has 0 N–H and O–H groups in total. The molecular weight excluding hydrogens is 305 g/mol. The molecule has 130 valence electrons. The Bertz CT molecular complexity index is 476. The highest BCUT2D eigenvalue weighted by Crippen LogP contribution is 2.29. The summed E-state index contributed by atoms with van der Waals surface area (Å²) in [6, 6.07) is 1.85. The molecule has 0 aromatic heterocycles. The Kier molecular flexibility index (Phi) is 6.90. The molecule has 1 aromatic rings. The van der Waals surface area contributed by atoms with Crippen LogP contribution in [0.1, 0.15) is 57.8 Å². The molecule has 23 heavy (non-hydrogen) atoms. The summed E-state index contributed by atoms with van der Waals surface area (Å²) in [4.78, 5) is 0. The molecule has 0 amide bonds. The molecule has 0 aliphatic carbocycles. The van der Waals surface area contributed by atoms with Crippen molar-refractivity contribution in [1.29, 1.82) is 0 Å². The lowest BCUT2D eigenvalue weighted by molar-refractivity contribution is -0.206. The Morgan fingerprint density at radius 1 is 1.09 bits per heavy atom. The van der Waals surface area contributed by atoms with E-state index >= 15 is 0 Å². The first kappa shape index (κ1) is 18.3. The van der Waals surface area contributed by atoms with Crippen molar-refractivity contribution in [3.05, 3.63) is 35.1 Å². The number of hydrogen-bond acceptors (Lipinski definition) is 2. The van der Waals surface area contributed by atoms with E-state index in [2.05, 4.69) is 13.8 Å². The van der Waals surface area contributed by atoms with Gasteiger partial charge < -0.3 is 9.47 Å². The highest BCUT2D eigenvalue weighted by Gasteiger charge is 2.25. The molecule has 1 aliphatic heterocycles. The summed E-state index contributed by atoms with van der Waals surface area (Å²) in [5.41, 5.74) is 0.177. The first-order valence-electron chi connectivity index (χ1n) is 8.38. The Labute approximate surface area is 136 Å². The predicted molar refractivity (Wildman–Crippen MR) is 82.4 cm³/mol. The quantitative estimate of drug-likeness (QED) is 0.626. The molecule has 1 unspecified atom stereocenters. The van der Waals surface area contributed by atoms with E-state index in [1.807, 2.05) is 0 Å². The van der Waals surface area contributed by atoms with E-state index in [4.69, 9.17) is 9.47 Å². The van der Waals surface area contributed by atoms with Gasteiger partial charge in [0.2, 0.25) is 0 Å². The van der Waals surface area contributed by atoms with Gasteiger partial charge >= 0.3 is 0 Å². The van der Waals surface area contributed by atoms with Crippen molar-refractivity contribution in [2.45, 2.75) is 52.2 Å². The highest BCUT2D eigenvalue weighted by atomic mass is 19.2. The van der Waals surface area contributed by atoms with E-state index in [0.29, 0.717) is 19.1 Å². The molecule has 2 rings (SSSR count). The van der Waals surface area contributed by atoms with Crippen molar-refractivity contribution >= 4 is 0 Å². The van der Waals surface area contributed by atoms with E-state index in [1.54, 1.807) is 0 Å². The molecule has 1 fully saturated rings. The Balaban J connectivity index is 1.78. The molecule has 0 spiro atoms. The van der Waals surface area contributed by atoms with E-state index in [0.717, 1.165) is 30.9 Å². The summed E-state index contributed by atoms with van der Waals surface area (Å²) < 4.78 is 50.6. The third-order valence-corrected chi connectivity index (χ3v) is 4.34. The van der Waals surface area contributed by atoms with Crippen LogP contribution in [0.25, 0.3) is 0 Å². The van der Waals surface area contributed by atoms with Crippen LogP contribution in [0, 0.1) is 29.3 Å². The molecule has 0 saturated carbocycles. The fraction of sp³-hybridized carbons (Fsp3) is 0.667. The topological polar surface area (TPSA) is 18.5 Å². The van der Waals surface area contributed by atoms with Crippen molar-refractivity contribution in [2.75, 3.05) is 13.2 Å². The first-order valence-corrected chi connectivity index (χ1v) is 8.38. The van der Waals surface area contributed by atoms with Crippen molar-refractivity contribution < 1.29 is 22.6 Å². The average molecular weight is 330 g/mol. The zero-order chi connectivity index (χ0) is 16.8. The van der Waals surface area contributed by atoms with Crippen LogP contribution in [0.3, 0.4) is 0 Å². The van der Waals surface area contributed by atoms with Gasteiger partial charge in [-0.1, -0.05) is 39.5 Å². The van der Waals surface area contributed by atoms with E-state index in [-0.39, 0.29) is 5.56 Å². The van der Waals surface area contributed by atoms with Gasteiger partial charge in [0, 0.05) is 11.5 Å². The third-order valence-electron chi connectivity index (χ3n) is 4.34. The second-order valence-electron chi connectivity index (χ2n) is 6.49. The van der Waals surface area contributed by atoms with Gasteiger partial charge in [-0.15, -0.1) is 0 Å².